The zero-order valence-corrected chi connectivity index (χ0v) is 16.7. The van der Waals surface area contributed by atoms with E-state index in [1.165, 1.54) is 6.92 Å². The molecule has 0 saturated carbocycles. The molecule has 0 rings (SSSR count). The number of aliphatic carboxylic acids is 2. The Morgan fingerprint density at radius 3 is 1.71 bits per heavy atom. The first-order chi connectivity index (χ1) is 12.8. The topological polar surface area (TPSA) is 188 Å². The number of carbonyl (C=O) groups is 5. The molecule has 11 nitrogen and oxygen atoms in total. The number of carboxylic acids is 2. The first-order valence-corrected chi connectivity index (χ1v) is 8.89. The van der Waals surface area contributed by atoms with Gasteiger partial charge >= 0.3 is 11.9 Å². The largest absolute Gasteiger partial charge is 0.481 e. The number of carbonyl (C=O) groups excluding carboxylic acids is 3. The van der Waals surface area contributed by atoms with Crippen LogP contribution in [0.3, 0.4) is 0 Å². The molecule has 0 heterocycles. The van der Waals surface area contributed by atoms with Gasteiger partial charge in [-0.3, -0.25) is 19.2 Å². The minimum Gasteiger partial charge on any atom is -0.481 e. The fourth-order valence-corrected chi connectivity index (χ4v) is 2.13. The first kappa shape index (κ1) is 25.3. The monoisotopic (exact) mass is 402 g/mol. The molecule has 0 aromatic heterocycles. The SMILES string of the molecule is CC(NC(=O)C(N)C(C)C)C(=O)NC(C(=O)NC(CC(=O)O)C(=O)O)C(C)C. The van der Waals surface area contributed by atoms with Crippen molar-refractivity contribution in [3.8, 4) is 0 Å². The van der Waals surface area contributed by atoms with Crippen molar-refractivity contribution in [2.75, 3.05) is 0 Å². The van der Waals surface area contributed by atoms with Gasteiger partial charge in [-0.2, -0.15) is 0 Å². The van der Waals surface area contributed by atoms with Gasteiger partial charge in [0.15, 0.2) is 0 Å². The van der Waals surface area contributed by atoms with E-state index in [9.17, 15) is 24.0 Å². The van der Waals surface area contributed by atoms with Crippen LogP contribution in [0.4, 0.5) is 0 Å². The minimum absolute atomic E-state index is 0.133. The summed E-state index contributed by atoms with van der Waals surface area (Å²) in [4.78, 5) is 58.5. The highest BCUT2D eigenvalue weighted by molar-refractivity contribution is 5.94. The number of rotatable bonds is 11. The molecule has 0 bridgehead atoms. The number of nitrogens with two attached hydrogens (primary N) is 1. The predicted molar refractivity (Wildman–Crippen MR) is 99.0 cm³/mol. The fraction of sp³-hybridized carbons (Fsp3) is 0.706. The van der Waals surface area contributed by atoms with Crippen LogP contribution in [-0.4, -0.2) is 64.0 Å². The highest BCUT2D eigenvalue weighted by Crippen LogP contribution is 2.05. The third-order valence-electron chi connectivity index (χ3n) is 4.01. The minimum atomic E-state index is -1.63. The van der Waals surface area contributed by atoms with Gasteiger partial charge in [-0.15, -0.1) is 0 Å². The quantitative estimate of drug-likeness (QED) is 0.245. The molecule has 4 unspecified atom stereocenters. The lowest BCUT2D eigenvalue weighted by Gasteiger charge is -2.26. The fourth-order valence-electron chi connectivity index (χ4n) is 2.13. The molecule has 11 heteroatoms. The van der Waals surface area contributed by atoms with Gasteiger partial charge in [0.05, 0.1) is 12.5 Å². The summed E-state index contributed by atoms with van der Waals surface area (Å²) in [5.41, 5.74) is 5.72. The first-order valence-electron chi connectivity index (χ1n) is 8.89. The molecule has 160 valence electrons. The molecule has 0 spiro atoms. The van der Waals surface area contributed by atoms with Crippen LogP contribution in [0.15, 0.2) is 0 Å². The van der Waals surface area contributed by atoms with E-state index in [0.717, 1.165) is 0 Å². The maximum Gasteiger partial charge on any atom is 0.326 e. The summed E-state index contributed by atoms with van der Waals surface area (Å²) in [6.07, 6.45) is -0.806. The molecule has 0 aliphatic heterocycles. The summed E-state index contributed by atoms with van der Waals surface area (Å²) in [6.45, 7) is 8.17. The average Bonchev–Trinajstić information content (AvgIpc) is 2.56. The lowest BCUT2D eigenvalue weighted by atomic mass is 10.0. The Balaban J connectivity index is 5.06. The molecule has 0 aromatic carbocycles. The van der Waals surface area contributed by atoms with Gasteiger partial charge in [-0.1, -0.05) is 27.7 Å². The van der Waals surface area contributed by atoms with E-state index < -0.39 is 66.2 Å². The molecular formula is C17H30N4O7. The second kappa shape index (κ2) is 11.2. The van der Waals surface area contributed by atoms with Gasteiger partial charge in [0, 0.05) is 0 Å². The molecular weight excluding hydrogens is 372 g/mol. The average molecular weight is 402 g/mol. The van der Waals surface area contributed by atoms with Crippen molar-refractivity contribution in [2.45, 2.75) is 65.2 Å². The van der Waals surface area contributed by atoms with Gasteiger partial charge in [-0.25, -0.2) is 4.79 Å². The smallest absolute Gasteiger partial charge is 0.326 e. The van der Waals surface area contributed by atoms with Crippen molar-refractivity contribution in [3.63, 3.8) is 0 Å². The summed E-state index contributed by atoms with van der Waals surface area (Å²) in [7, 11) is 0. The highest BCUT2D eigenvalue weighted by atomic mass is 16.4. The van der Waals surface area contributed by atoms with Crippen molar-refractivity contribution in [3.05, 3.63) is 0 Å². The van der Waals surface area contributed by atoms with Crippen molar-refractivity contribution < 1.29 is 34.2 Å². The second-order valence-electron chi connectivity index (χ2n) is 7.23. The van der Waals surface area contributed by atoms with Gasteiger partial charge < -0.3 is 31.9 Å². The van der Waals surface area contributed by atoms with Crippen LogP contribution in [0, 0.1) is 11.8 Å². The van der Waals surface area contributed by atoms with Crippen LogP contribution in [0.1, 0.15) is 41.0 Å². The number of carboxylic acid groups (broad SMARTS) is 2. The number of nitrogens with one attached hydrogen (secondary N) is 3. The molecule has 0 saturated heterocycles. The molecule has 4 atom stereocenters. The summed E-state index contributed by atoms with van der Waals surface area (Å²) >= 11 is 0. The maximum absolute atomic E-state index is 12.4. The number of amides is 3. The van der Waals surface area contributed by atoms with E-state index >= 15 is 0 Å². The van der Waals surface area contributed by atoms with Gasteiger partial charge in [-0.05, 0) is 18.8 Å². The molecule has 0 aliphatic carbocycles. The molecule has 0 radical (unpaired) electrons. The van der Waals surface area contributed by atoms with E-state index in [0.29, 0.717) is 0 Å². The molecule has 28 heavy (non-hydrogen) atoms. The van der Waals surface area contributed by atoms with Crippen molar-refractivity contribution in [1.29, 1.82) is 0 Å². The van der Waals surface area contributed by atoms with E-state index in [1.54, 1.807) is 27.7 Å². The van der Waals surface area contributed by atoms with Gasteiger partial charge in [0.1, 0.15) is 18.1 Å². The van der Waals surface area contributed by atoms with E-state index in [2.05, 4.69) is 16.0 Å². The van der Waals surface area contributed by atoms with Crippen LogP contribution >= 0.6 is 0 Å². The summed E-state index contributed by atoms with van der Waals surface area (Å²) in [5.74, 6) is -5.48. The Morgan fingerprint density at radius 2 is 1.32 bits per heavy atom. The lowest BCUT2D eigenvalue weighted by Crippen LogP contribution is -2.58. The van der Waals surface area contributed by atoms with Crippen LogP contribution in [-0.2, 0) is 24.0 Å². The van der Waals surface area contributed by atoms with Crippen molar-refractivity contribution in [1.82, 2.24) is 16.0 Å². The predicted octanol–water partition coefficient (Wildman–Crippen LogP) is -1.34. The molecule has 0 fully saturated rings. The van der Waals surface area contributed by atoms with Crippen LogP contribution in [0.25, 0.3) is 0 Å². The third kappa shape index (κ3) is 8.33. The normalized spacial score (nSPS) is 15.3. The van der Waals surface area contributed by atoms with Gasteiger partial charge in [0.2, 0.25) is 17.7 Å². The summed E-state index contributed by atoms with van der Waals surface area (Å²) in [6, 6.07) is -4.54. The standard InChI is InChI=1S/C17H30N4O7/c1-7(2)12(18)15(25)19-9(5)14(24)21-13(8(3)4)16(26)20-10(17(27)28)6-11(22)23/h7-10,12-13H,6,18H2,1-5H3,(H,19,25)(H,20,26)(H,21,24)(H,22,23)(H,27,28). The van der Waals surface area contributed by atoms with Crippen LogP contribution in [0.2, 0.25) is 0 Å². The second-order valence-corrected chi connectivity index (χ2v) is 7.23. The number of hydrogen-bond acceptors (Lipinski definition) is 6. The van der Waals surface area contributed by atoms with Crippen molar-refractivity contribution in [2.24, 2.45) is 17.6 Å². The molecule has 0 aliphatic rings. The highest BCUT2D eigenvalue weighted by Gasteiger charge is 2.31. The molecule has 0 aromatic rings. The Kier molecular flexibility index (Phi) is 10.1. The lowest BCUT2D eigenvalue weighted by molar-refractivity contribution is -0.147. The van der Waals surface area contributed by atoms with E-state index in [-0.39, 0.29) is 5.92 Å². The van der Waals surface area contributed by atoms with Crippen LogP contribution < -0.4 is 21.7 Å². The summed E-state index contributed by atoms with van der Waals surface area (Å²) < 4.78 is 0. The Morgan fingerprint density at radius 1 is 0.786 bits per heavy atom. The van der Waals surface area contributed by atoms with Crippen LogP contribution in [0.5, 0.6) is 0 Å². The Labute approximate surface area is 163 Å². The van der Waals surface area contributed by atoms with Gasteiger partial charge in [0.25, 0.3) is 0 Å². The maximum atomic E-state index is 12.4. The summed E-state index contributed by atoms with van der Waals surface area (Å²) in [5, 5.41) is 24.8. The zero-order valence-electron chi connectivity index (χ0n) is 16.7. The Bertz CT molecular complexity index is 606. The van der Waals surface area contributed by atoms with Crippen molar-refractivity contribution >= 4 is 29.7 Å². The van der Waals surface area contributed by atoms with E-state index in [1.807, 2.05) is 0 Å². The third-order valence-corrected chi connectivity index (χ3v) is 4.01. The van der Waals surface area contributed by atoms with E-state index in [4.69, 9.17) is 15.9 Å². The Hall–Kier alpha value is -2.69. The molecule has 3 amide bonds. The zero-order chi connectivity index (χ0) is 22.2. The molecule has 7 N–H and O–H groups in total. The number of hydrogen-bond donors (Lipinski definition) is 6.